The maximum Gasteiger partial charge on any atom is 0.187 e. The predicted molar refractivity (Wildman–Crippen MR) is 279 cm³/mol. The number of fused-ring (bicyclic) bond motifs is 7. The van der Waals surface area contributed by atoms with Gasteiger partial charge in [0, 0.05) is 12.3 Å². The summed E-state index contributed by atoms with van der Waals surface area (Å²) in [6.45, 7) is 8.06. The fraction of sp³-hybridized carbons (Fsp3) is 1.00. The van der Waals surface area contributed by atoms with Gasteiger partial charge in [-0.1, -0.05) is 27.7 Å². The second-order valence-corrected chi connectivity index (χ2v) is 27.1. The van der Waals surface area contributed by atoms with Gasteiger partial charge >= 0.3 is 0 Å². The fourth-order valence-corrected chi connectivity index (χ4v) is 17.6. The molecular weight excluding hydrogens is 1120 g/mol. The summed E-state index contributed by atoms with van der Waals surface area (Å²) >= 11 is 0. The molecule has 0 unspecified atom stereocenters. The van der Waals surface area contributed by atoms with Crippen molar-refractivity contribution in [2.75, 3.05) is 33.0 Å². The normalized spacial score (nSPS) is 57.7. The molecule has 11 rings (SSSR count). The summed E-state index contributed by atoms with van der Waals surface area (Å²) in [6.07, 6.45) is -36.2. The van der Waals surface area contributed by atoms with Crippen molar-refractivity contribution in [3.8, 4) is 0 Å². The summed E-state index contributed by atoms with van der Waals surface area (Å²) in [7, 11) is 0. The smallest absolute Gasteiger partial charge is 0.187 e. The molecule has 1 spiro atoms. The van der Waals surface area contributed by atoms with E-state index in [2.05, 4.69) is 27.7 Å². The van der Waals surface area contributed by atoms with Crippen LogP contribution >= 0.6 is 0 Å². The van der Waals surface area contributed by atoms with E-state index in [0.29, 0.717) is 48.3 Å². The van der Waals surface area contributed by atoms with E-state index in [1.165, 1.54) is 6.92 Å². The molecule has 37 atom stereocenters. The van der Waals surface area contributed by atoms with Gasteiger partial charge in [0.2, 0.25) is 0 Å². The Morgan fingerprint density at radius 2 is 0.952 bits per heavy atom. The minimum atomic E-state index is -2.10. The van der Waals surface area contributed by atoms with Gasteiger partial charge in [0.25, 0.3) is 0 Å². The average Bonchev–Trinajstić information content (AvgIpc) is 1.55. The Hall–Kier alpha value is -1.08. The zero-order valence-electron chi connectivity index (χ0n) is 48.3. The second kappa shape index (κ2) is 25.2. The molecule has 7 heterocycles. The molecule has 0 aromatic carbocycles. The zero-order valence-corrected chi connectivity index (χ0v) is 48.3. The van der Waals surface area contributed by atoms with E-state index in [-0.39, 0.29) is 22.9 Å². The molecule has 84 heavy (non-hydrogen) atoms. The third kappa shape index (κ3) is 11.2. The highest BCUT2D eigenvalue weighted by Crippen LogP contribution is 2.71. The number of aliphatic hydroxyl groups is 15. The molecule has 7 aliphatic heterocycles. The largest absolute Gasteiger partial charge is 0.394 e. The van der Waals surface area contributed by atoms with Gasteiger partial charge in [-0.25, -0.2) is 0 Å². The molecule has 27 heteroatoms. The van der Waals surface area contributed by atoms with Crippen LogP contribution in [0.4, 0.5) is 0 Å². The van der Waals surface area contributed by atoms with E-state index < -0.39 is 192 Å². The molecule has 11 fully saturated rings. The van der Waals surface area contributed by atoms with Gasteiger partial charge in [-0.05, 0) is 111 Å². The summed E-state index contributed by atoms with van der Waals surface area (Å²) in [5, 5.41) is 164. The van der Waals surface area contributed by atoms with Gasteiger partial charge in [-0.3, -0.25) is 0 Å². The van der Waals surface area contributed by atoms with Gasteiger partial charge in [0.15, 0.2) is 37.2 Å². The molecular formula is C57H94O27. The van der Waals surface area contributed by atoms with Crippen molar-refractivity contribution in [2.24, 2.45) is 52.3 Å². The molecule has 4 aliphatic carbocycles. The Kier molecular flexibility index (Phi) is 19.3. The maximum atomic E-state index is 12.7. The SMILES string of the molecule is C[C@@H]1CC[C@@]2(OC1)O[C@H]1C[C@H]3[C@@H]4CC[C@H]5C[C@@H](O[C@@H]6O[C@H](CO)[C@H](O[C@@H]7O[C@H](CO)[C@@H](O)[C@H](O[C@@H]8O[C@H](CO)[C@@H](O)[C@H](O)[C@H]8O)[C@H]7O[C@@H]7O[C@H](CO)[C@@H](O)[C@H](O)[C@H]7O)[C@H](O)[C@H]6O[C@@H]6O[C@@H](C)[C@H](O)[C@@H](O)[C@H]6O)CC[C@]5(C)[C@H]4CC[C@]3(C)[C@H]1[C@@H]2C. The number of rotatable bonds is 14. The Balaban J connectivity index is 0.844. The van der Waals surface area contributed by atoms with Crippen molar-refractivity contribution in [3.05, 3.63) is 0 Å². The highest BCUT2D eigenvalue weighted by atomic mass is 16.8. The number of hydrogen-bond donors (Lipinski definition) is 15. The van der Waals surface area contributed by atoms with Gasteiger partial charge < -0.3 is 133 Å². The van der Waals surface area contributed by atoms with Crippen LogP contribution in [0.25, 0.3) is 0 Å². The van der Waals surface area contributed by atoms with Crippen LogP contribution in [0.15, 0.2) is 0 Å². The van der Waals surface area contributed by atoms with E-state index in [0.717, 1.165) is 58.0 Å². The average molecular weight is 1210 g/mol. The molecule has 4 saturated carbocycles. The van der Waals surface area contributed by atoms with E-state index in [1.807, 2.05) is 0 Å². The van der Waals surface area contributed by atoms with E-state index in [9.17, 15) is 76.6 Å². The van der Waals surface area contributed by atoms with Crippen LogP contribution in [0, 0.1) is 52.3 Å². The van der Waals surface area contributed by atoms with Crippen molar-refractivity contribution >= 4 is 0 Å². The first kappa shape index (κ1) is 64.4. The fourth-order valence-electron chi connectivity index (χ4n) is 17.6. The Labute approximate surface area is 487 Å². The van der Waals surface area contributed by atoms with Gasteiger partial charge in [-0.2, -0.15) is 0 Å². The quantitative estimate of drug-likeness (QED) is 0.0736. The number of hydrogen-bond acceptors (Lipinski definition) is 27. The van der Waals surface area contributed by atoms with E-state index in [4.69, 9.17) is 56.8 Å². The predicted octanol–water partition coefficient (Wildman–Crippen LogP) is -4.06. The summed E-state index contributed by atoms with van der Waals surface area (Å²) in [4.78, 5) is 0. The molecule has 484 valence electrons. The lowest BCUT2D eigenvalue weighted by Crippen LogP contribution is -2.69. The third-order valence-electron chi connectivity index (χ3n) is 22.5. The maximum absolute atomic E-state index is 12.7. The first-order valence-electron chi connectivity index (χ1n) is 30.7. The van der Waals surface area contributed by atoms with Crippen molar-refractivity contribution in [1.82, 2.24) is 0 Å². The minimum absolute atomic E-state index is 0.0146. The Morgan fingerprint density at radius 3 is 1.56 bits per heavy atom. The van der Waals surface area contributed by atoms with Gasteiger partial charge in [0.05, 0.1) is 51.3 Å². The lowest BCUT2D eigenvalue weighted by Gasteiger charge is -2.61. The van der Waals surface area contributed by atoms with Crippen molar-refractivity contribution in [3.63, 3.8) is 0 Å². The monoisotopic (exact) mass is 1210 g/mol. The molecule has 0 amide bonds. The van der Waals surface area contributed by atoms with Gasteiger partial charge in [-0.15, -0.1) is 0 Å². The Bertz CT molecular complexity index is 2180. The van der Waals surface area contributed by atoms with Crippen molar-refractivity contribution in [2.45, 2.75) is 270 Å². The first-order valence-corrected chi connectivity index (χ1v) is 30.7. The summed E-state index contributed by atoms with van der Waals surface area (Å²) in [5.41, 5.74) is 0.122. The standard InChI is InChI=1S/C57H94O27/c1-21-8-13-57(73-20-21)22(2)34-29(84-57)15-28-26-7-6-24-14-25(9-11-55(24,4)27(26)10-12-56(28,34)5)75-53-48(82-50-42(69)39(66)35(62)23(3)74-50)45(72)46(33(19-61)79-53)80-54-49(83-52-44(71)41(68)37(64)31(17-59)77-52)47(38(65)32(18-60)78-54)81-51-43(70)40(67)36(63)30(16-58)76-51/h21-54,58-72H,6-20H2,1-5H3/t21-,22+,23+,24+,25+,26-,27+,28+,29+,30-,31-,32-,33-,34+,35+,36-,37-,38-,39-,40+,41+,42-,43-,44-,45+,46+,47+,48-,49-,50+,51+,52+,53-,54+,55+,56+,57-/m1/s1. The number of aliphatic hydroxyl groups excluding tert-OH is 15. The highest BCUT2D eigenvalue weighted by molar-refractivity contribution is 5.16. The van der Waals surface area contributed by atoms with Gasteiger partial charge in [0.1, 0.15) is 116 Å². The minimum Gasteiger partial charge on any atom is -0.394 e. The molecule has 7 saturated heterocycles. The lowest BCUT2D eigenvalue weighted by molar-refractivity contribution is -0.413. The van der Waals surface area contributed by atoms with Crippen molar-refractivity contribution in [1.29, 1.82) is 0 Å². The molecule has 0 aromatic rings. The second-order valence-electron chi connectivity index (χ2n) is 27.1. The van der Waals surface area contributed by atoms with Crippen LogP contribution in [0.5, 0.6) is 0 Å². The van der Waals surface area contributed by atoms with E-state index >= 15 is 0 Å². The molecule has 27 nitrogen and oxygen atoms in total. The lowest BCUT2D eigenvalue weighted by atomic mass is 9.44. The summed E-state index contributed by atoms with van der Waals surface area (Å²) in [5.74, 6) is 2.54. The topological polar surface area (TPSA) is 414 Å². The summed E-state index contributed by atoms with van der Waals surface area (Å²) < 4.78 is 75.1. The van der Waals surface area contributed by atoms with Crippen LogP contribution in [-0.4, -0.2) is 281 Å². The Morgan fingerprint density at radius 1 is 0.429 bits per heavy atom. The third-order valence-corrected chi connectivity index (χ3v) is 22.5. The zero-order chi connectivity index (χ0) is 60.2. The molecule has 11 aliphatic rings. The van der Waals surface area contributed by atoms with Crippen LogP contribution in [-0.2, 0) is 56.8 Å². The molecule has 0 bridgehead atoms. The molecule has 0 radical (unpaired) electrons. The van der Waals surface area contributed by atoms with Crippen LogP contribution in [0.3, 0.4) is 0 Å². The van der Waals surface area contributed by atoms with Crippen LogP contribution in [0.2, 0.25) is 0 Å². The first-order chi connectivity index (χ1) is 39.9. The highest BCUT2D eigenvalue weighted by Gasteiger charge is 2.70. The van der Waals surface area contributed by atoms with E-state index in [1.54, 1.807) is 0 Å². The van der Waals surface area contributed by atoms with Crippen molar-refractivity contribution < 1.29 is 133 Å². The van der Waals surface area contributed by atoms with Crippen LogP contribution < -0.4 is 0 Å². The van der Waals surface area contributed by atoms with Crippen LogP contribution in [0.1, 0.15) is 98.8 Å². The number of ether oxygens (including phenoxy) is 12. The summed E-state index contributed by atoms with van der Waals surface area (Å²) in [6, 6.07) is 0. The molecule has 0 aromatic heterocycles. The molecule has 15 N–H and O–H groups in total.